The zero-order chi connectivity index (χ0) is 17.4. The van der Waals surface area contributed by atoms with E-state index in [9.17, 15) is 13.2 Å². The van der Waals surface area contributed by atoms with Crippen molar-refractivity contribution in [3.8, 4) is 0 Å². The molecule has 10 heteroatoms. The fraction of sp³-hybridized carbons (Fsp3) is 0.714. The largest absolute Gasteiger partial charge is 0.341 e. The Morgan fingerprint density at radius 2 is 2.12 bits per heavy atom. The number of imidazole rings is 1. The van der Waals surface area contributed by atoms with Gasteiger partial charge in [0.25, 0.3) is 10.0 Å². The Hall–Kier alpha value is -1.16. The summed E-state index contributed by atoms with van der Waals surface area (Å²) in [5, 5.41) is -0.0775. The van der Waals surface area contributed by atoms with Crippen molar-refractivity contribution in [3.63, 3.8) is 0 Å². The number of aromatic nitrogens is 2. The Bertz CT molecular complexity index is 682. The van der Waals surface area contributed by atoms with Crippen molar-refractivity contribution in [2.24, 2.45) is 18.2 Å². The first-order valence-corrected chi connectivity index (χ1v) is 9.04. The number of hydrogen-bond acceptors (Lipinski definition) is 5. The van der Waals surface area contributed by atoms with E-state index < -0.39 is 10.0 Å². The highest BCUT2D eigenvalue weighted by Gasteiger charge is 2.35. The summed E-state index contributed by atoms with van der Waals surface area (Å²) in [4.78, 5) is 17.9. The molecule has 2 rings (SSSR count). The molecule has 8 nitrogen and oxygen atoms in total. The fourth-order valence-corrected chi connectivity index (χ4v) is 3.60. The standard InChI is InChI=1S/C14H25N5O3S.ClH/c1-10-17-12(8-18(10)4)23(21,22)16-7-13(20)19-6-5-11(15)14(2,3)9-19;/h8,11,16H,5-7,9,15H2,1-4H3;1H. The third-order valence-electron chi connectivity index (χ3n) is 4.44. The van der Waals surface area contributed by atoms with Gasteiger partial charge in [-0.15, -0.1) is 12.4 Å². The van der Waals surface area contributed by atoms with E-state index in [-0.39, 0.29) is 41.3 Å². The van der Waals surface area contributed by atoms with Gasteiger partial charge in [-0.1, -0.05) is 13.8 Å². The number of aryl methyl sites for hydroxylation is 2. The van der Waals surface area contributed by atoms with Crippen LogP contribution in [0.3, 0.4) is 0 Å². The normalized spacial score (nSPS) is 20.5. The average molecular weight is 380 g/mol. The maximum atomic E-state index is 12.3. The lowest BCUT2D eigenvalue weighted by Gasteiger charge is -2.42. The molecule has 1 aliphatic rings. The Labute approximate surface area is 149 Å². The molecule has 0 radical (unpaired) electrons. The molecule has 2 heterocycles. The third kappa shape index (κ3) is 4.47. The number of halogens is 1. The third-order valence-corrected chi connectivity index (χ3v) is 5.71. The number of carbonyl (C=O) groups is 1. The van der Waals surface area contributed by atoms with E-state index >= 15 is 0 Å². The monoisotopic (exact) mass is 379 g/mol. The van der Waals surface area contributed by atoms with E-state index in [4.69, 9.17) is 5.73 Å². The highest BCUT2D eigenvalue weighted by molar-refractivity contribution is 7.89. The molecule has 138 valence electrons. The van der Waals surface area contributed by atoms with Crippen molar-refractivity contribution in [2.45, 2.75) is 38.3 Å². The first-order valence-electron chi connectivity index (χ1n) is 7.56. The van der Waals surface area contributed by atoms with Crippen LogP contribution in [0.4, 0.5) is 0 Å². The average Bonchev–Trinajstić information content (AvgIpc) is 2.80. The Balaban J connectivity index is 0.00000288. The molecule has 1 atom stereocenters. The fourth-order valence-electron chi connectivity index (χ4n) is 2.59. The van der Waals surface area contributed by atoms with Crippen LogP contribution in [0.2, 0.25) is 0 Å². The second-order valence-corrected chi connectivity index (χ2v) is 8.47. The Morgan fingerprint density at radius 3 is 2.62 bits per heavy atom. The Morgan fingerprint density at radius 1 is 1.50 bits per heavy atom. The summed E-state index contributed by atoms with van der Waals surface area (Å²) >= 11 is 0. The van der Waals surface area contributed by atoms with Crippen LogP contribution in [0.25, 0.3) is 0 Å². The summed E-state index contributed by atoms with van der Waals surface area (Å²) < 4.78 is 28.3. The zero-order valence-electron chi connectivity index (χ0n) is 14.4. The van der Waals surface area contributed by atoms with Gasteiger partial charge in [-0.2, -0.15) is 0 Å². The molecule has 1 fully saturated rings. The van der Waals surface area contributed by atoms with Crippen LogP contribution in [-0.2, 0) is 21.9 Å². The number of carbonyl (C=O) groups excluding carboxylic acids is 1. The summed E-state index contributed by atoms with van der Waals surface area (Å²) in [5.74, 6) is 0.338. The topological polar surface area (TPSA) is 110 Å². The van der Waals surface area contributed by atoms with Crippen molar-refractivity contribution < 1.29 is 13.2 Å². The lowest BCUT2D eigenvalue weighted by atomic mass is 9.80. The molecule has 1 saturated heterocycles. The van der Waals surface area contributed by atoms with Crippen LogP contribution < -0.4 is 10.5 Å². The van der Waals surface area contributed by atoms with E-state index in [0.717, 1.165) is 0 Å². The van der Waals surface area contributed by atoms with Gasteiger partial charge in [0.2, 0.25) is 5.91 Å². The second kappa shape index (κ2) is 7.38. The lowest BCUT2D eigenvalue weighted by Crippen LogP contribution is -2.55. The summed E-state index contributed by atoms with van der Waals surface area (Å²) in [5.41, 5.74) is 5.87. The summed E-state index contributed by atoms with van der Waals surface area (Å²) in [6.45, 7) is 6.54. The van der Waals surface area contributed by atoms with Crippen LogP contribution in [0.1, 0.15) is 26.1 Å². The number of likely N-dealkylation sites (tertiary alicyclic amines) is 1. The van der Waals surface area contributed by atoms with E-state index in [1.807, 2.05) is 13.8 Å². The molecule has 0 aromatic carbocycles. The molecule has 1 unspecified atom stereocenters. The summed E-state index contributed by atoms with van der Waals surface area (Å²) in [7, 11) is -2.08. The van der Waals surface area contributed by atoms with E-state index in [0.29, 0.717) is 25.3 Å². The predicted octanol–water partition coefficient (Wildman–Crippen LogP) is 0.0144. The molecule has 0 bridgehead atoms. The second-order valence-electron chi connectivity index (χ2n) is 6.76. The summed E-state index contributed by atoms with van der Waals surface area (Å²) in [6.07, 6.45) is 2.14. The van der Waals surface area contributed by atoms with Gasteiger partial charge < -0.3 is 15.2 Å². The van der Waals surface area contributed by atoms with E-state index in [2.05, 4.69) is 9.71 Å². The van der Waals surface area contributed by atoms with Gasteiger partial charge >= 0.3 is 0 Å². The number of amides is 1. The maximum absolute atomic E-state index is 12.3. The minimum Gasteiger partial charge on any atom is -0.341 e. The highest BCUT2D eigenvalue weighted by atomic mass is 35.5. The molecule has 3 N–H and O–H groups in total. The van der Waals surface area contributed by atoms with Crippen LogP contribution >= 0.6 is 12.4 Å². The molecule has 1 amide bonds. The molecule has 0 saturated carbocycles. The molecule has 0 spiro atoms. The lowest BCUT2D eigenvalue weighted by molar-refractivity contribution is -0.133. The molecule has 1 aromatic rings. The SMILES string of the molecule is Cc1nc(S(=O)(=O)NCC(=O)N2CCC(N)C(C)(C)C2)cn1C.Cl. The molecule has 0 aliphatic carbocycles. The smallest absolute Gasteiger partial charge is 0.260 e. The van der Waals surface area contributed by atoms with Crippen LogP contribution in [-0.4, -0.2) is 54.5 Å². The molecule has 1 aromatic heterocycles. The minimum absolute atomic E-state index is 0. The van der Waals surface area contributed by atoms with Gasteiger partial charge in [0, 0.05) is 32.4 Å². The van der Waals surface area contributed by atoms with E-state index in [1.54, 1.807) is 23.4 Å². The van der Waals surface area contributed by atoms with Crippen LogP contribution in [0.5, 0.6) is 0 Å². The minimum atomic E-state index is -3.79. The molecule has 1 aliphatic heterocycles. The van der Waals surface area contributed by atoms with Gasteiger partial charge in [-0.25, -0.2) is 18.1 Å². The number of nitrogens with two attached hydrogens (primary N) is 1. The van der Waals surface area contributed by atoms with Gasteiger partial charge in [0.15, 0.2) is 5.03 Å². The predicted molar refractivity (Wildman–Crippen MR) is 93.3 cm³/mol. The van der Waals surface area contributed by atoms with Crippen molar-refractivity contribution in [3.05, 3.63) is 12.0 Å². The number of nitrogens with one attached hydrogen (secondary N) is 1. The van der Waals surface area contributed by atoms with Crippen molar-refractivity contribution in [2.75, 3.05) is 19.6 Å². The number of rotatable bonds is 4. The van der Waals surface area contributed by atoms with Crippen molar-refractivity contribution in [1.82, 2.24) is 19.2 Å². The first-order chi connectivity index (χ1) is 10.5. The molecular formula is C14H26ClN5O3S. The highest BCUT2D eigenvalue weighted by Crippen LogP contribution is 2.27. The first kappa shape index (κ1) is 20.9. The number of piperidine rings is 1. The van der Waals surface area contributed by atoms with Gasteiger partial charge in [-0.05, 0) is 18.8 Å². The van der Waals surface area contributed by atoms with Gasteiger partial charge in [0.05, 0.1) is 6.54 Å². The van der Waals surface area contributed by atoms with Gasteiger partial charge in [0.1, 0.15) is 5.82 Å². The number of nitrogens with zero attached hydrogens (tertiary/aromatic N) is 3. The van der Waals surface area contributed by atoms with Gasteiger partial charge in [-0.3, -0.25) is 4.79 Å². The quantitative estimate of drug-likeness (QED) is 0.765. The molecule has 24 heavy (non-hydrogen) atoms. The summed E-state index contributed by atoms with van der Waals surface area (Å²) in [6, 6.07) is 0.0414. The maximum Gasteiger partial charge on any atom is 0.260 e. The molecular weight excluding hydrogens is 354 g/mol. The van der Waals surface area contributed by atoms with E-state index in [1.165, 1.54) is 6.20 Å². The van der Waals surface area contributed by atoms with Crippen LogP contribution in [0, 0.1) is 12.3 Å². The van der Waals surface area contributed by atoms with Crippen molar-refractivity contribution in [1.29, 1.82) is 0 Å². The number of hydrogen-bond donors (Lipinski definition) is 2. The number of sulfonamides is 1. The zero-order valence-corrected chi connectivity index (χ0v) is 16.1. The van der Waals surface area contributed by atoms with Crippen LogP contribution in [0.15, 0.2) is 11.2 Å². The Kier molecular flexibility index (Phi) is 6.43. The van der Waals surface area contributed by atoms with Crippen molar-refractivity contribution >= 4 is 28.3 Å².